The molecule has 0 atom stereocenters. The van der Waals surface area contributed by atoms with Gasteiger partial charge in [0.15, 0.2) is 0 Å². The van der Waals surface area contributed by atoms with E-state index in [1.807, 2.05) is 23.2 Å². The van der Waals surface area contributed by atoms with Crippen molar-refractivity contribution in [2.24, 2.45) is 0 Å². The molecule has 1 aromatic rings. The number of aromatic nitrogens is 2. The number of imidazole rings is 1. The fourth-order valence-corrected chi connectivity index (χ4v) is 2.99. The van der Waals surface area contributed by atoms with Gasteiger partial charge in [0.2, 0.25) is 16.7 Å². The van der Waals surface area contributed by atoms with Crippen molar-refractivity contribution in [1.82, 2.24) is 14.4 Å². The van der Waals surface area contributed by atoms with Crippen molar-refractivity contribution >= 4 is 16.6 Å². The smallest absolute Gasteiger partial charge is 0.248 e. The maximum absolute atomic E-state index is 8.63. The Hall–Kier alpha value is -1.68. The molecule has 0 aliphatic carbocycles. The highest BCUT2D eigenvalue weighted by atomic mass is 32.3. The van der Waals surface area contributed by atoms with E-state index in [0.29, 0.717) is 0 Å². The van der Waals surface area contributed by atoms with E-state index in [1.54, 1.807) is 0 Å². The summed E-state index contributed by atoms with van der Waals surface area (Å²) in [6.45, 7) is 13.4. The van der Waals surface area contributed by atoms with Crippen LogP contribution in [0.15, 0.2) is 38.1 Å². The van der Waals surface area contributed by atoms with Crippen molar-refractivity contribution in [1.29, 1.82) is 0 Å². The van der Waals surface area contributed by atoms with Crippen LogP contribution in [-0.4, -0.2) is 58.2 Å². The summed E-state index contributed by atoms with van der Waals surface area (Å²) in [4.78, 5) is 4.82. The largest absolute Gasteiger partial charge is 0.726 e. The molecule has 9 heteroatoms. The number of hydrogen-bond acceptors (Lipinski definition) is 5. The predicted molar refractivity (Wildman–Crippen MR) is 104 cm³/mol. The Labute approximate surface area is 163 Å². The van der Waals surface area contributed by atoms with Crippen LogP contribution in [0, 0.1) is 0 Å². The summed E-state index contributed by atoms with van der Waals surface area (Å²) in [5, 5.41) is 0. The number of rotatable bonds is 11. The Kier molecular flexibility index (Phi) is 11.0. The fraction of sp³-hybridized carbons (Fsp3) is 0.611. The van der Waals surface area contributed by atoms with E-state index < -0.39 is 10.4 Å². The molecule has 0 radical (unpaired) electrons. The van der Waals surface area contributed by atoms with Gasteiger partial charge in [-0.05, 0) is 32.0 Å². The summed E-state index contributed by atoms with van der Waals surface area (Å²) < 4.78 is 37.1. The van der Waals surface area contributed by atoms with E-state index >= 15 is 0 Å². The van der Waals surface area contributed by atoms with Crippen molar-refractivity contribution in [2.75, 3.05) is 26.3 Å². The number of aryl methyl sites for hydroxylation is 1. The molecule has 154 valence electrons. The van der Waals surface area contributed by atoms with Crippen LogP contribution in [0.1, 0.15) is 38.5 Å². The van der Waals surface area contributed by atoms with E-state index in [4.69, 9.17) is 17.5 Å². The van der Waals surface area contributed by atoms with Gasteiger partial charge in [0.1, 0.15) is 12.4 Å². The van der Waals surface area contributed by atoms with Gasteiger partial charge in [0.25, 0.3) is 0 Å². The first-order valence-corrected chi connectivity index (χ1v) is 10.6. The molecule has 1 aliphatic rings. The van der Waals surface area contributed by atoms with Gasteiger partial charge in [0.05, 0.1) is 19.4 Å². The number of unbranched alkanes of at least 4 members (excludes halogenated alkanes) is 5. The Balaban J connectivity index is 0.000000646. The van der Waals surface area contributed by atoms with E-state index in [-0.39, 0.29) is 0 Å². The lowest BCUT2D eigenvalue weighted by Gasteiger charge is -2.15. The highest BCUT2D eigenvalue weighted by molar-refractivity contribution is 7.79. The second kappa shape index (κ2) is 12.7. The third-order valence-corrected chi connectivity index (χ3v) is 4.41. The molecule has 1 saturated heterocycles. The molecule has 27 heavy (non-hydrogen) atoms. The van der Waals surface area contributed by atoms with Gasteiger partial charge < -0.3 is 9.45 Å². The predicted octanol–water partition coefficient (Wildman–Crippen LogP) is 1.94. The lowest BCUT2D eigenvalue weighted by Crippen LogP contribution is -2.30. The summed E-state index contributed by atoms with van der Waals surface area (Å²) in [5.41, 5.74) is 0. The number of hydrogen-bond donors (Lipinski definition) is 1. The summed E-state index contributed by atoms with van der Waals surface area (Å²) in [6, 6.07) is 0. The fourth-order valence-electron chi connectivity index (χ4n) is 2.99. The van der Waals surface area contributed by atoms with Crippen LogP contribution in [0.2, 0.25) is 0 Å². The monoisotopic (exact) mass is 400 g/mol. The van der Waals surface area contributed by atoms with E-state index in [0.717, 1.165) is 19.8 Å². The topological polar surface area (TPSA) is 92.7 Å². The normalized spacial score (nSPS) is 14.7. The van der Waals surface area contributed by atoms with Crippen LogP contribution in [0.5, 0.6) is 0 Å². The molecule has 2 heterocycles. The third kappa shape index (κ3) is 12.4. The van der Waals surface area contributed by atoms with Crippen molar-refractivity contribution in [3.05, 3.63) is 38.1 Å². The molecule has 8 nitrogen and oxygen atoms in total. The zero-order valence-electron chi connectivity index (χ0n) is 15.9. The lowest BCUT2D eigenvalue weighted by molar-refractivity contribution is -0.696. The van der Waals surface area contributed by atoms with Crippen molar-refractivity contribution in [3.8, 4) is 0 Å². The van der Waals surface area contributed by atoms with Crippen molar-refractivity contribution in [3.63, 3.8) is 0 Å². The quantitative estimate of drug-likeness (QED) is 0.264. The van der Waals surface area contributed by atoms with Crippen LogP contribution in [0.3, 0.4) is 0 Å². The van der Waals surface area contributed by atoms with E-state index in [9.17, 15) is 0 Å². The molecule has 1 fully saturated rings. The van der Waals surface area contributed by atoms with Crippen molar-refractivity contribution in [2.45, 2.75) is 45.1 Å². The average Bonchev–Trinajstić information content (AvgIpc) is 3.24. The van der Waals surface area contributed by atoms with Crippen LogP contribution in [-0.2, 0) is 16.9 Å². The molecule has 1 N–H and O–H groups in total. The molecule has 0 bridgehead atoms. The standard InChI is InChI=1S/C18H31N4.H2O4S/c1-3-19-13-15-21(17-19)11-9-7-5-6-8-10-12-22-16-14-20(4-2)18-22;1-5(2,3)4/h3-4,13,15,17H,1-2,5-12,14,16,18H2;(H2,1,2,3,4)/q+1;/p-1. The molecule has 0 saturated carbocycles. The Morgan fingerprint density at radius 1 is 1.07 bits per heavy atom. The Bertz CT molecular complexity index is 652. The summed E-state index contributed by atoms with van der Waals surface area (Å²) in [7, 11) is -4.92. The Morgan fingerprint density at radius 2 is 1.70 bits per heavy atom. The summed E-state index contributed by atoms with van der Waals surface area (Å²) in [6.07, 6.45) is 18.1. The molecule has 0 unspecified atom stereocenters. The summed E-state index contributed by atoms with van der Waals surface area (Å²) >= 11 is 0. The highest BCUT2D eigenvalue weighted by Gasteiger charge is 2.15. The maximum atomic E-state index is 8.63. The first kappa shape index (κ1) is 23.4. The zero-order chi connectivity index (χ0) is 20.1. The minimum absolute atomic E-state index is 1.07. The van der Waals surface area contributed by atoms with Gasteiger partial charge >= 0.3 is 0 Å². The van der Waals surface area contributed by atoms with Gasteiger partial charge in [-0.2, -0.15) is 0 Å². The summed E-state index contributed by atoms with van der Waals surface area (Å²) in [5.74, 6) is 0. The van der Waals surface area contributed by atoms with Crippen LogP contribution < -0.4 is 4.57 Å². The minimum Gasteiger partial charge on any atom is -0.726 e. The molecule has 1 aromatic heterocycles. The molecule has 0 aromatic carbocycles. The minimum atomic E-state index is -4.92. The average molecular weight is 401 g/mol. The third-order valence-electron chi connectivity index (χ3n) is 4.41. The molecule has 1 aliphatic heterocycles. The zero-order valence-corrected chi connectivity index (χ0v) is 16.8. The first-order chi connectivity index (χ1) is 12.8. The van der Waals surface area contributed by atoms with Crippen LogP contribution in [0.25, 0.3) is 6.20 Å². The SMILES string of the molecule is C=CN1CCN(CCCCCCCC[n+]2ccn(C=C)c2)C1.O=S(=O)([O-])O. The lowest BCUT2D eigenvalue weighted by atomic mass is 10.1. The molecular weight excluding hydrogens is 368 g/mol. The maximum Gasteiger partial charge on any atom is 0.248 e. The first-order valence-electron chi connectivity index (χ1n) is 9.28. The second-order valence-corrected chi connectivity index (χ2v) is 7.44. The molecular formula is C18H32N4O4S. The van der Waals surface area contributed by atoms with Crippen LogP contribution in [0.4, 0.5) is 0 Å². The van der Waals surface area contributed by atoms with Gasteiger partial charge in [-0.3, -0.25) is 9.45 Å². The van der Waals surface area contributed by atoms with Crippen LogP contribution >= 0.6 is 0 Å². The molecule has 0 amide bonds. The second-order valence-electron chi connectivity index (χ2n) is 6.58. The Morgan fingerprint density at radius 3 is 2.26 bits per heavy atom. The highest BCUT2D eigenvalue weighted by Crippen LogP contribution is 2.09. The molecule has 0 spiro atoms. The van der Waals surface area contributed by atoms with Gasteiger partial charge in [-0.1, -0.05) is 32.4 Å². The van der Waals surface area contributed by atoms with Gasteiger partial charge in [-0.15, -0.1) is 0 Å². The molecule has 2 rings (SSSR count). The number of nitrogens with zero attached hydrogens (tertiary/aromatic N) is 4. The van der Waals surface area contributed by atoms with Gasteiger partial charge in [-0.25, -0.2) is 17.6 Å². The van der Waals surface area contributed by atoms with Gasteiger partial charge in [0, 0.05) is 13.1 Å². The van der Waals surface area contributed by atoms with E-state index in [1.165, 1.54) is 51.6 Å². The van der Waals surface area contributed by atoms with Crippen molar-refractivity contribution < 1.29 is 22.1 Å². The van der Waals surface area contributed by atoms with E-state index in [2.05, 4.69) is 40.0 Å².